The lowest BCUT2D eigenvalue weighted by atomic mass is 10.1. The first-order chi connectivity index (χ1) is 9.81. The molecule has 5 heteroatoms. The van der Waals surface area contributed by atoms with Gasteiger partial charge in [-0.05, 0) is 44.9 Å². The number of ether oxygens (including phenoxy) is 1. The quantitative estimate of drug-likeness (QED) is 0.820. The Bertz CT molecular complexity index is 507. The molecule has 0 aliphatic carbocycles. The summed E-state index contributed by atoms with van der Waals surface area (Å²) in [6.45, 7) is 5.67. The van der Waals surface area contributed by atoms with Crippen LogP contribution in [0.25, 0.3) is 6.08 Å². The second-order valence-corrected chi connectivity index (χ2v) is 5.63. The van der Waals surface area contributed by atoms with Crippen LogP contribution in [0, 0.1) is 5.82 Å². The van der Waals surface area contributed by atoms with E-state index < -0.39 is 11.7 Å². The molecule has 1 aromatic rings. The fourth-order valence-corrected chi connectivity index (χ4v) is 1.60. The van der Waals surface area contributed by atoms with Gasteiger partial charge in [0, 0.05) is 12.1 Å². The Kier molecular flexibility index (Phi) is 6.37. The lowest BCUT2D eigenvalue weighted by Gasteiger charge is -2.19. The van der Waals surface area contributed by atoms with E-state index in [1.54, 1.807) is 39.0 Å². The molecule has 0 aliphatic heterocycles. The maximum Gasteiger partial charge on any atom is 0.407 e. The van der Waals surface area contributed by atoms with Crippen molar-refractivity contribution in [3.05, 3.63) is 41.2 Å². The maximum absolute atomic E-state index is 13.5. The van der Waals surface area contributed by atoms with Crippen LogP contribution in [0.3, 0.4) is 0 Å². The van der Waals surface area contributed by atoms with E-state index in [1.807, 2.05) is 0 Å². The van der Waals surface area contributed by atoms with Crippen molar-refractivity contribution in [3.8, 4) is 0 Å². The number of aliphatic hydroxyl groups is 1. The number of nitrogens with one attached hydrogen (secondary N) is 1. The number of carbonyl (C=O) groups is 1. The molecule has 1 amide bonds. The van der Waals surface area contributed by atoms with Gasteiger partial charge in [0.1, 0.15) is 11.4 Å². The van der Waals surface area contributed by atoms with Crippen LogP contribution < -0.4 is 5.32 Å². The normalized spacial score (nSPS) is 11.7. The monoisotopic (exact) mass is 295 g/mol. The van der Waals surface area contributed by atoms with E-state index in [4.69, 9.17) is 9.84 Å². The van der Waals surface area contributed by atoms with Crippen molar-refractivity contribution in [1.29, 1.82) is 0 Å². The molecule has 0 aliphatic rings. The molecule has 0 bridgehead atoms. The minimum absolute atomic E-state index is 0.124. The highest BCUT2D eigenvalue weighted by atomic mass is 19.1. The fourth-order valence-electron chi connectivity index (χ4n) is 1.60. The number of carbonyl (C=O) groups excluding carboxylic acids is 1. The van der Waals surface area contributed by atoms with Crippen molar-refractivity contribution < 1.29 is 19.0 Å². The van der Waals surface area contributed by atoms with Gasteiger partial charge in [0.05, 0.1) is 6.61 Å². The highest BCUT2D eigenvalue weighted by Crippen LogP contribution is 2.12. The zero-order valence-electron chi connectivity index (χ0n) is 12.6. The molecule has 2 N–H and O–H groups in total. The van der Waals surface area contributed by atoms with E-state index in [1.165, 1.54) is 12.1 Å². The van der Waals surface area contributed by atoms with E-state index in [2.05, 4.69) is 5.32 Å². The van der Waals surface area contributed by atoms with E-state index >= 15 is 0 Å². The molecule has 21 heavy (non-hydrogen) atoms. The number of rotatable bonds is 5. The molecule has 4 nitrogen and oxygen atoms in total. The molecule has 0 radical (unpaired) electrons. The Balaban J connectivity index is 2.40. The maximum atomic E-state index is 13.5. The molecule has 0 saturated heterocycles. The average molecular weight is 295 g/mol. The largest absolute Gasteiger partial charge is 0.444 e. The number of amides is 1. The van der Waals surface area contributed by atoms with Crippen molar-refractivity contribution >= 4 is 12.2 Å². The van der Waals surface area contributed by atoms with Gasteiger partial charge in [-0.1, -0.05) is 18.2 Å². The summed E-state index contributed by atoms with van der Waals surface area (Å²) in [5.41, 5.74) is 0.551. The molecule has 0 fully saturated rings. The Labute approximate surface area is 124 Å². The fraction of sp³-hybridized carbons (Fsp3) is 0.438. The number of benzene rings is 1. The minimum Gasteiger partial charge on any atom is -0.444 e. The molecule has 0 atom stereocenters. The van der Waals surface area contributed by atoms with E-state index in [0.29, 0.717) is 24.1 Å². The summed E-state index contributed by atoms with van der Waals surface area (Å²) in [6.07, 6.45) is 3.48. The highest BCUT2D eigenvalue weighted by molar-refractivity contribution is 5.67. The summed E-state index contributed by atoms with van der Waals surface area (Å²) < 4.78 is 18.6. The smallest absolute Gasteiger partial charge is 0.407 e. The first kappa shape index (κ1) is 17.2. The first-order valence-corrected chi connectivity index (χ1v) is 6.84. The van der Waals surface area contributed by atoms with Crippen molar-refractivity contribution in [2.24, 2.45) is 0 Å². The predicted octanol–water partition coefficient (Wildman–Crippen LogP) is 3.25. The molecule has 0 spiro atoms. The third-order valence-electron chi connectivity index (χ3n) is 2.52. The molecule has 1 rings (SSSR count). The third kappa shape index (κ3) is 6.90. The Morgan fingerprint density at radius 3 is 2.76 bits per heavy atom. The van der Waals surface area contributed by atoms with Gasteiger partial charge >= 0.3 is 6.09 Å². The van der Waals surface area contributed by atoms with Crippen LogP contribution in [0.1, 0.15) is 38.3 Å². The Hall–Kier alpha value is -1.88. The second-order valence-electron chi connectivity index (χ2n) is 5.63. The standard InChI is InChI=1S/C16H22FNO3/c1-16(2,3)21-15(20)18-9-5-4-6-13-10-12(11-19)7-8-14(13)17/h4,6-8,10,19H,5,9,11H2,1-3H3,(H,18,20). The predicted molar refractivity (Wildman–Crippen MR) is 80.2 cm³/mol. The molecule has 0 heterocycles. The van der Waals surface area contributed by atoms with Crippen LogP contribution in [0.5, 0.6) is 0 Å². The van der Waals surface area contributed by atoms with E-state index in [9.17, 15) is 9.18 Å². The summed E-state index contributed by atoms with van der Waals surface area (Å²) in [5.74, 6) is -0.344. The molecule has 0 aromatic heterocycles. The molecule has 1 aromatic carbocycles. The van der Waals surface area contributed by atoms with Crippen molar-refractivity contribution in [2.75, 3.05) is 6.54 Å². The Morgan fingerprint density at radius 1 is 1.43 bits per heavy atom. The first-order valence-electron chi connectivity index (χ1n) is 6.84. The second kappa shape index (κ2) is 7.78. The summed E-state index contributed by atoms with van der Waals surface area (Å²) in [6, 6.07) is 4.45. The summed E-state index contributed by atoms with van der Waals surface area (Å²) >= 11 is 0. The average Bonchev–Trinajstić information content (AvgIpc) is 2.38. The number of hydrogen-bond donors (Lipinski definition) is 2. The third-order valence-corrected chi connectivity index (χ3v) is 2.52. The minimum atomic E-state index is -0.520. The van der Waals surface area contributed by atoms with Crippen molar-refractivity contribution in [1.82, 2.24) is 5.32 Å². The van der Waals surface area contributed by atoms with Crippen LogP contribution in [-0.2, 0) is 11.3 Å². The van der Waals surface area contributed by atoms with Gasteiger partial charge in [0.2, 0.25) is 0 Å². The zero-order chi connectivity index (χ0) is 15.9. The number of alkyl carbamates (subject to hydrolysis) is 1. The van der Waals surface area contributed by atoms with Crippen LogP contribution in [-0.4, -0.2) is 23.3 Å². The molecular formula is C16H22FNO3. The van der Waals surface area contributed by atoms with Gasteiger partial charge in [-0.3, -0.25) is 0 Å². The van der Waals surface area contributed by atoms with Crippen LogP contribution in [0.4, 0.5) is 9.18 Å². The summed E-state index contributed by atoms with van der Waals surface area (Å²) in [5, 5.41) is 11.6. The van der Waals surface area contributed by atoms with E-state index in [-0.39, 0.29) is 12.4 Å². The highest BCUT2D eigenvalue weighted by Gasteiger charge is 2.15. The molecule has 0 unspecified atom stereocenters. The van der Waals surface area contributed by atoms with Gasteiger partial charge in [-0.15, -0.1) is 0 Å². The van der Waals surface area contributed by atoms with Crippen molar-refractivity contribution in [3.63, 3.8) is 0 Å². The lowest BCUT2D eigenvalue weighted by Crippen LogP contribution is -2.32. The number of halogens is 1. The van der Waals surface area contributed by atoms with Gasteiger partial charge in [0.15, 0.2) is 0 Å². The van der Waals surface area contributed by atoms with Gasteiger partial charge in [-0.2, -0.15) is 0 Å². The van der Waals surface area contributed by atoms with Crippen LogP contribution >= 0.6 is 0 Å². The van der Waals surface area contributed by atoms with E-state index in [0.717, 1.165) is 0 Å². The van der Waals surface area contributed by atoms with Crippen LogP contribution in [0.15, 0.2) is 24.3 Å². The number of aliphatic hydroxyl groups excluding tert-OH is 1. The zero-order valence-corrected chi connectivity index (χ0v) is 12.6. The van der Waals surface area contributed by atoms with Crippen molar-refractivity contribution in [2.45, 2.75) is 39.4 Å². The van der Waals surface area contributed by atoms with Gasteiger partial charge < -0.3 is 15.2 Å². The number of hydrogen-bond acceptors (Lipinski definition) is 3. The SMILES string of the molecule is CC(C)(C)OC(=O)NCCC=Cc1cc(CO)ccc1F. The summed E-state index contributed by atoms with van der Waals surface area (Å²) in [4.78, 5) is 11.4. The van der Waals surface area contributed by atoms with Gasteiger partial charge in [-0.25, -0.2) is 9.18 Å². The molecule has 116 valence electrons. The topological polar surface area (TPSA) is 58.6 Å². The Morgan fingerprint density at radius 2 is 2.14 bits per heavy atom. The summed E-state index contributed by atoms with van der Waals surface area (Å²) in [7, 11) is 0. The van der Waals surface area contributed by atoms with Crippen LogP contribution in [0.2, 0.25) is 0 Å². The lowest BCUT2D eigenvalue weighted by molar-refractivity contribution is 0.0529. The molecular weight excluding hydrogens is 273 g/mol. The molecule has 0 saturated carbocycles. The van der Waals surface area contributed by atoms with Gasteiger partial charge in [0.25, 0.3) is 0 Å².